The molecule has 0 aliphatic carbocycles. The molecular weight excluding hydrogens is 360 g/mol. The van der Waals surface area contributed by atoms with E-state index < -0.39 is 0 Å². The van der Waals surface area contributed by atoms with Crippen LogP contribution >= 0.6 is 11.6 Å². The third-order valence-corrected chi connectivity index (χ3v) is 4.20. The zero-order valence-electron chi connectivity index (χ0n) is 14.9. The van der Waals surface area contributed by atoms with Crippen LogP contribution in [0.5, 0.6) is 5.75 Å². The molecule has 3 aromatic rings. The molecule has 0 aliphatic heterocycles. The molecule has 0 saturated heterocycles. The van der Waals surface area contributed by atoms with Gasteiger partial charge in [0.15, 0.2) is 0 Å². The number of carbonyl (C=O) groups excluding carboxylic acids is 1. The number of hydrazone groups is 1. The smallest absolute Gasteiger partial charge is 0.271 e. The van der Waals surface area contributed by atoms with Crippen LogP contribution < -0.4 is 10.2 Å². The normalized spacial score (nSPS) is 11.1. The van der Waals surface area contributed by atoms with Crippen molar-refractivity contribution in [3.05, 3.63) is 101 Å². The van der Waals surface area contributed by atoms with Crippen molar-refractivity contribution in [3.63, 3.8) is 0 Å². The van der Waals surface area contributed by atoms with E-state index in [0.717, 1.165) is 16.9 Å². The Kier molecular flexibility index (Phi) is 6.23. The number of benzene rings is 3. The number of halogens is 1. The molecule has 0 radical (unpaired) electrons. The van der Waals surface area contributed by atoms with Gasteiger partial charge in [-0.1, -0.05) is 41.9 Å². The van der Waals surface area contributed by atoms with Crippen LogP contribution in [0.15, 0.2) is 84.0 Å². The van der Waals surface area contributed by atoms with Crippen LogP contribution in [-0.2, 0) is 6.61 Å². The molecule has 1 N–H and O–H groups in total. The molecule has 0 saturated carbocycles. The van der Waals surface area contributed by atoms with Crippen LogP contribution in [0.1, 0.15) is 28.4 Å². The first-order valence-corrected chi connectivity index (χ1v) is 8.87. The van der Waals surface area contributed by atoms with Gasteiger partial charge in [0.25, 0.3) is 5.91 Å². The summed E-state index contributed by atoms with van der Waals surface area (Å²) >= 11 is 5.88. The lowest BCUT2D eigenvalue weighted by molar-refractivity contribution is 0.0955. The predicted molar refractivity (Wildman–Crippen MR) is 108 cm³/mol. The van der Waals surface area contributed by atoms with E-state index in [9.17, 15) is 4.79 Å². The fourth-order valence-corrected chi connectivity index (χ4v) is 2.52. The van der Waals surface area contributed by atoms with Gasteiger partial charge in [-0.3, -0.25) is 4.79 Å². The maximum absolute atomic E-state index is 12.0. The molecule has 5 heteroatoms. The fraction of sp³-hybridized carbons (Fsp3) is 0.0909. The van der Waals surface area contributed by atoms with E-state index in [1.54, 1.807) is 12.1 Å². The van der Waals surface area contributed by atoms with Gasteiger partial charge in [-0.05, 0) is 66.6 Å². The van der Waals surface area contributed by atoms with E-state index in [1.807, 2.05) is 73.7 Å². The molecule has 4 nitrogen and oxygen atoms in total. The van der Waals surface area contributed by atoms with Crippen molar-refractivity contribution in [1.82, 2.24) is 5.43 Å². The summed E-state index contributed by atoms with van der Waals surface area (Å²) in [5.41, 5.74) is 5.80. The molecule has 0 aromatic heterocycles. The van der Waals surface area contributed by atoms with E-state index in [1.165, 1.54) is 0 Å². The number of hydrogen-bond acceptors (Lipinski definition) is 3. The summed E-state index contributed by atoms with van der Waals surface area (Å²) in [5.74, 6) is 0.521. The molecule has 0 bridgehead atoms. The second kappa shape index (κ2) is 9.01. The van der Waals surface area contributed by atoms with Crippen molar-refractivity contribution in [2.45, 2.75) is 13.5 Å². The molecule has 0 aliphatic rings. The summed E-state index contributed by atoms with van der Waals surface area (Å²) in [7, 11) is 0. The number of amides is 1. The van der Waals surface area contributed by atoms with Crippen molar-refractivity contribution in [2.75, 3.05) is 0 Å². The summed E-state index contributed by atoms with van der Waals surface area (Å²) in [6.45, 7) is 2.31. The average molecular weight is 379 g/mol. The summed E-state index contributed by atoms with van der Waals surface area (Å²) in [6.07, 6.45) is 0. The first-order chi connectivity index (χ1) is 13.1. The molecule has 136 valence electrons. The van der Waals surface area contributed by atoms with Crippen molar-refractivity contribution in [1.29, 1.82) is 0 Å². The number of carbonyl (C=O) groups is 1. The lowest BCUT2D eigenvalue weighted by Gasteiger charge is -2.08. The number of hydrogen-bond donors (Lipinski definition) is 1. The van der Waals surface area contributed by atoms with Crippen molar-refractivity contribution < 1.29 is 9.53 Å². The minimum atomic E-state index is -0.238. The summed E-state index contributed by atoms with van der Waals surface area (Å²) < 4.78 is 5.77. The van der Waals surface area contributed by atoms with Crippen LogP contribution in [0, 0.1) is 0 Å². The fourth-order valence-electron chi connectivity index (χ4n) is 2.39. The molecule has 3 aromatic carbocycles. The highest BCUT2D eigenvalue weighted by atomic mass is 35.5. The van der Waals surface area contributed by atoms with Crippen LogP contribution in [0.3, 0.4) is 0 Å². The molecule has 0 atom stereocenters. The van der Waals surface area contributed by atoms with Crippen LogP contribution in [-0.4, -0.2) is 11.6 Å². The standard InChI is InChI=1S/C22H19ClN2O2/c1-16(24-25-22(26)19-5-3-2-4-6-19)18-9-13-21(14-10-18)27-15-17-7-11-20(23)12-8-17/h2-14H,15H2,1H3,(H,25,26)/b24-16-. The Balaban J connectivity index is 1.57. The van der Waals surface area contributed by atoms with E-state index in [-0.39, 0.29) is 5.91 Å². The zero-order chi connectivity index (χ0) is 19.1. The number of nitrogens with zero attached hydrogens (tertiary/aromatic N) is 1. The van der Waals surface area contributed by atoms with Crippen LogP contribution in [0.4, 0.5) is 0 Å². The van der Waals surface area contributed by atoms with Gasteiger partial charge in [0.2, 0.25) is 0 Å². The predicted octanol–water partition coefficient (Wildman–Crippen LogP) is 5.07. The Morgan fingerprint density at radius 3 is 2.26 bits per heavy atom. The van der Waals surface area contributed by atoms with Crippen LogP contribution in [0.25, 0.3) is 0 Å². The Morgan fingerprint density at radius 2 is 1.59 bits per heavy atom. The van der Waals surface area contributed by atoms with E-state index in [0.29, 0.717) is 22.9 Å². The van der Waals surface area contributed by atoms with E-state index in [4.69, 9.17) is 16.3 Å². The van der Waals surface area contributed by atoms with Gasteiger partial charge in [-0.25, -0.2) is 5.43 Å². The largest absolute Gasteiger partial charge is 0.489 e. The van der Waals surface area contributed by atoms with E-state index in [2.05, 4.69) is 10.5 Å². The van der Waals surface area contributed by atoms with Crippen molar-refractivity contribution in [2.24, 2.45) is 5.10 Å². The minimum absolute atomic E-state index is 0.238. The van der Waals surface area contributed by atoms with Crippen LogP contribution in [0.2, 0.25) is 5.02 Å². The molecule has 0 heterocycles. The number of rotatable bonds is 6. The summed E-state index contributed by atoms with van der Waals surface area (Å²) in [6, 6.07) is 24.1. The monoisotopic (exact) mass is 378 g/mol. The van der Waals surface area contributed by atoms with Gasteiger partial charge >= 0.3 is 0 Å². The highest BCUT2D eigenvalue weighted by molar-refractivity contribution is 6.30. The first-order valence-electron chi connectivity index (χ1n) is 8.49. The van der Waals surface area contributed by atoms with Gasteiger partial charge in [0.05, 0.1) is 5.71 Å². The lowest BCUT2D eigenvalue weighted by atomic mass is 10.1. The summed E-state index contributed by atoms with van der Waals surface area (Å²) in [4.78, 5) is 12.0. The lowest BCUT2D eigenvalue weighted by Crippen LogP contribution is -2.19. The van der Waals surface area contributed by atoms with Crippen molar-refractivity contribution in [3.8, 4) is 5.75 Å². The SMILES string of the molecule is C/C(=N/NC(=O)c1ccccc1)c1ccc(OCc2ccc(Cl)cc2)cc1. The van der Waals surface area contributed by atoms with Gasteiger partial charge < -0.3 is 4.74 Å². The third kappa shape index (κ3) is 5.43. The Bertz CT molecular complexity index is 921. The number of ether oxygens (including phenoxy) is 1. The van der Waals surface area contributed by atoms with Gasteiger partial charge in [-0.15, -0.1) is 0 Å². The zero-order valence-corrected chi connectivity index (χ0v) is 15.6. The highest BCUT2D eigenvalue weighted by Gasteiger charge is 2.04. The molecule has 0 spiro atoms. The van der Waals surface area contributed by atoms with Gasteiger partial charge in [0, 0.05) is 10.6 Å². The van der Waals surface area contributed by atoms with Gasteiger partial charge in [0.1, 0.15) is 12.4 Å². The van der Waals surface area contributed by atoms with Gasteiger partial charge in [-0.2, -0.15) is 5.10 Å². The first kappa shape index (κ1) is 18.7. The third-order valence-electron chi connectivity index (χ3n) is 3.95. The average Bonchev–Trinajstić information content (AvgIpc) is 2.72. The maximum Gasteiger partial charge on any atom is 0.271 e. The molecule has 0 unspecified atom stereocenters. The quantitative estimate of drug-likeness (QED) is 0.480. The number of nitrogens with one attached hydrogen (secondary N) is 1. The molecule has 27 heavy (non-hydrogen) atoms. The Hall–Kier alpha value is -3.11. The molecule has 3 rings (SSSR count). The minimum Gasteiger partial charge on any atom is -0.489 e. The van der Waals surface area contributed by atoms with Crippen molar-refractivity contribution >= 4 is 23.2 Å². The Labute approximate surface area is 163 Å². The Morgan fingerprint density at radius 1 is 0.926 bits per heavy atom. The summed E-state index contributed by atoms with van der Waals surface area (Å²) in [5, 5.41) is 4.87. The molecular formula is C22H19ClN2O2. The van der Waals surface area contributed by atoms with E-state index >= 15 is 0 Å². The molecule has 1 amide bonds. The second-order valence-corrected chi connectivity index (χ2v) is 6.38. The molecule has 0 fully saturated rings. The second-order valence-electron chi connectivity index (χ2n) is 5.94. The maximum atomic E-state index is 12.0. The highest BCUT2D eigenvalue weighted by Crippen LogP contribution is 2.16. The topological polar surface area (TPSA) is 50.7 Å².